The summed E-state index contributed by atoms with van der Waals surface area (Å²) in [5, 5.41) is 0. The zero-order chi connectivity index (χ0) is 23.0. The van der Waals surface area contributed by atoms with E-state index in [0.717, 1.165) is 23.3 Å². The van der Waals surface area contributed by atoms with Gasteiger partial charge in [0.1, 0.15) is 18.1 Å². The van der Waals surface area contributed by atoms with E-state index in [-0.39, 0.29) is 5.92 Å². The van der Waals surface area contributed by atoms with Crippen molar-refractivity contribution in [3.8, 4) is 11.5 Å². The first-order valence-electron chi connectivity index (χ1n) is 11.2. The molecule has 0 fully saturated rings. The maximum Gasteiger partial charge on any atom is 0.142 e. The number of hydrogen-bond acceptors (Lipinski definition) is 3. The smallest absolute Gasteiger partial charge is 0.142 e. The van der Waals surface area contributed by atoms with Crippen LogP contribution in [0.1, 0.15) is 35.1 Å². The van der Waals surface area contributed by atoms with Gasteiger partial charge in [0, 0.05) is 5.92 Å². The predicted octanol–water partition coefficient (Wildman–Crippen LogP) is 6.83. The highest BCUT2D eigenvalue weighted by atomic mass is 16.5. The molecule has 0 saturated carbocycles. The van der Waals surface area contributed by atoms with Gasteiger partial charge in [-0.25, -0.2) is 0 Å². The Morgan fingerprint density at radius 3 is 2.03 bits per heavy atom. The molecule has 0 heterocycles. The standard InChI is InChI=1S/C30H30NO2/c1-22(26-15-18-30(29(31)20-26)33-21-24-11-7-4-8-12-24)28(19-23-9-5-3-6-10-23)25-13-16-27(32-2)17-14-25/h3-18,20,28H,19,21,31H2,1-2H3. The molecule has 4 rings (SSSR count). The van der Waals surface area contributed by atoms with Crippen LogP contribution < -0.4 is 15.2 Å². The van der Waals surface area contributed by atoms with Crippen molar-refractivity contribution in [2.45, 2.75) is 25.9 Å². The molecule has 0 amide bonds. The average Bonchev–Trinajstić information content (AvgIpc) is 2.87. The second kappa shape index (κ2) is 10.7. The van der Waals surface area contributed by atoms with E-state index in [2.05, 4.69) is 55.5 Å². The minimum Gasteiger partial charge on any atom is -0.497 e. The Hall–Kier alpha value is -3.72. The second-order valence-corrected chi connectivity index (χ2v) is 8.23. The van der Waals surface area contributed by atoms with E-state index in [4.69, 9.17) is 15.2 Å². The number of anilines is 1. The summed E-state index contributed by atoms with van der Waals surface area (Å²) >= 11 is 0. The molecule has 0 spiro atoms. The normalized spacial score (nSPS) is 11.8. The highest BCUT2D eigenvalue weighted by Crippen LogP contribution is 2.37. The Morgan fingerprint density at radius 1 is 0.788 bits per heavy atom. The third kappa shape index (κ3) is 5.75. The average molecular weight is 437 g/mol. The van der Waals surface area contributed by atoms with Gasteiger partial charge in [-0.1, -0.05) is 85.8 Å². The van der Waals surface area contributed by atoms with E-state index in [1.165, 1.54) is 17.0 Å². The van der Waals surface area contributed by atoms with Crippen molar-refractivity contribution in [3.05, 3.63) is 131 Å². The Bertz CT molecular complexity index is 1140. The summed E-state index contributed by atoms with van der Waals surface area (Å²) in [5.74, 6) is 3.05. The zero-order valence-electron chi connectivity index (χ0n) is 19.2. The molecule has 0 aliphatic rings. The first kappa shape index (κ1) is 22.5. The van der Waals surface area contributed by atoms with Crippen molar-refractivity contribution in [2.24, 2.45) is 0 Å². The lowest BCUT2D eigenvalue weighted by Gasteiger charge is -2.25. The molecule has 0 bridgehead atoms. The highest BCUT2D eigenvalue weighted by molar-refractivity contribution is 5.57. The Labute approximate surface area is 196 Å². The van der Waals surface area contributed by atoms with E-state index in [1.54, 1.807) is 7.11 Å². The molecular formula is C30H30NO2. The molecule has 167 valence electrons. The fourth-order valence-corrected chi connectivity index (χ4v) is 4.07. The molecule has 1 unspecified atom stereocenters. The highest BCUT2D eigenvalue weighted by Gasteiger charge is 2.23. The lowest BCUT2D eigenvalue weighted by molar-refractivity contribution is 0.308. The van der Waals surface area contributed by atoms with Crippen LogP contribution in [0.15, 0.2) is 103 Å². The number of methoxy groups -OCH3 is 1. The van der Waals surface area contributed by atoms with Crippen LogP contribution in [0.25, 0.3) is 0 Å². The van der Waals surface area contributed by atoms with Gasteiger partial charge >= 0.3 is 0 Å². The second-order valence-electron chi connectivity index (χ2n) is 8.23. The minimum absolute atomic E-state index is 0.216. The van der Waals surface area contributed by atoms with Gasteiger partial charge in [0.25, 0.3) is 0 Å². The molecule has 1 radical (unpaired) electrons. The molecular weight excluding hydrogens is 406 g/mol. The molecule has 0 aromatic heterocycles. The fraction of sp³-hybridized carbons (Fsp3) is 0.167. The van der Waals surface area contributed by atoms with Crippen LogP contribution in [-0.4, -0.2) is 7.11 Å². The molecule has 4 aromatic carbocycles. The summed E-state index contributed by atoms with van der Waals surface area (Å²) in [5.41, 5.74) is 11.8. The first-order valence-corrected chi connectivity index (χ1v) is 11.2. The predicted molar refractivity (Wildman–Crippen MR) is 136 cm³/mol. The van der Waals surface area contributed by atoms with Crippen LogP contribution >= 0.6 is 0 Å². The van der Waals surface area contributed by atoms with E-state index in [9.17, 15) is 0 Å². The Kier molecular flexibility index (Phi) is 7.31. The maximum atomic E-state index is 6.40. The maximum absolute atomic E-state index is 6.40. The summed E-state index contributed by atoms with van der Waals surface area (Å²) in [6.45, 7) is 2.69. The van der Waals surface area contributed by atoms with Gasteiger partial charge in [-0.2, -0.15) is 0 Å². The number of nitrogens with two attached hydrogens (primary N) is 1. The largest absolute Gasteiger partial charge is 0.497 e. The van der Waals surface area contributed by atoms with Crippen LogP contribution in [0.3, 0.4) is 0 Å². The SMILES string of the molecule is COc1ccc(C(Cc2ccccc2)[C](C)c2ccc(OCc3ccccc3)c(N)c2)cc1. The van der Waals surface area contributed by atoms with E-state index >= 15 is 0 Å². The van der Waals surface area contributed by atoms with Gasteiger partial charge in [0.05, 0.1) is 12.8 Å². The molecule has 33 heavy (non-hydrogen) atoms. The van der Waals surface area contributed by atoms with Crippen molar-refractivity contribution >= 4 is 5.69 Å². The summed E-state index contributed by atoms with van der Waals surface area (Å²) in [6.07, 6.45) is 0.908. The summed E-state index contributed by atoms with van der Waals surface area (Å²) in [7, 11) is 1.69. The molecule has 1 atom stereocenters. The first-order chi connectivity index (χ1) is 16.1. The van der Waals surface area contributed by atoms with E-state index in [1.807, 2.05) is 54.6 Å². The molecule has 3 nitrogen and oxygen atoms in total. The van der Waals surface area contributed by atoms with E-state index in [0.29, 0.717) is 18.0 Å². The molecule has 0 saturated heterocycles. The Morgan fingerprint density at radius 2 is 1.42 bits per heavy atom. The fourth-order valence-electron chi connectivity index (χ4n) is 4.07. The number of benzene rings is 4. The van der Waals surface area contributed by atoms with Crippen molar-refractivity contribution < 1.29 is 9.47 Å². The van der Waals surface area contributed by atoms with Crippen LogP contribution in [0.5, 0.6) is 11.5 Å². The number of ether oxygens (including phenoxy) is 2. The molecule has 4 aromatic rings. The number of nitrogen functional groups attached to an aromatic ring is 1. The van der Waals surface area contributed by atoms with Crippen molar-refractivity contribution in [3.63, 3.8) is 0 Å². The van der Waals surface area contributed by atoms with Crippen molar-refractivity contribution in [1.29, 1.82) is 0 Å². The van der Waals surface area contributed by atoms with Crippen LogP contribution in [0, 0.1) is 5.92 Å². The quantitative estimate of drug-likeness (QED) is 0.293. The van der Waals surface area contributed by atoms with Gasteiger partial charge in [-0.3, -0.25) is 0 Å². The lowest BCUT2D eigenvalue weighted by Crippen LogP contribution is -2.13. The Balaban J connectivity index is 1.56. The topological polar surface area (TPSA) is 44.5 Å². The van der Waals surface area contributed by atoms with Gasteiger partial charge in [0.15, 0.2) is 0 Å². The van der Waals surface area contributed by atoms with Gasteiger partial charge in [0.2, 0.25) is 0 Å². The lowest BCUT2D eigenvalue weighted by atomic mass is 9.79. The van der Waals surface area contributed by atoms with Crippen molar-refractivity contribution in [2.75, 3.05) is 12.8 Å². The zero-order valence-corrected chi connectivity index (χ0v) is 19.2. The summed E-state index contributed by atoms with van der Waals surface area (Å²) < 4.78 is 11.3. The van der Waals surface area contributed by atoms with Gasteiger partial charge in [-0.05, 0) is 58.9 Å². The molecule has 0 aliphatic heterocycles. The van der Waals surface area contributed by atoms with Crippen LogP contribution in [0.4, 0.5) is 5.69 Å². The summed E-state index contributed by atoms with van der Waals surface area (Å²) in [4.78, 5) is 0. The third-order valence-electron chi connectivity index (χ3n) is 6.03. The van der Waals surface area contributed by atoms with Gasteiger partial charge in [-0.15, -0.1) is 0 Å². The van der Waals surface area contributed by atoms with Gasteiger partial charge < -0.3 is 15.2 Å². The van der Waals surface area contributed by atoms with E-state index < -0.39 is 0 Å². The van der Waals surface area contributed by atoms with Crippen LogP contribution in [-0.2, 0) is 13.0 Å². The van der Waals surface area contributed by atoms with Crippen LogP contribution in [0.2, 0.25) is 0 Å². The monoisotopic (exact) mass is 436 g/mol. The number of hydrogen-bond donors (Lipinski definition) is 1. The molecule has 2 N–H and O–H groups in total. The van der Waals surface area contributed by atoms with Crippen molar-refractivity contribution in [1.82, 2.24) is 0 Å². The third-order valence-corrected chi connectivity index (χ3v) is 6.03. The number of rotatable bonds is 9. The molecule has 3 heteroatoms. The molecule has 0 aliphatic carbocycles. The minimum atomic E-state index is 0.216. The summed E-state index contributed by atoms with van der Waals surface area (Å²) in [6, 6.07) is 35.2.